The smallest absolute Gasteiger partial charge is 0.106 e. The van der Waals surface area contributed by atoms with Crippen LogP contribution in [0.25, 0.3) is 10.9 Å². The molecule has 4 heteroatoms. The third-order valence-corrected chi connectivity index (χ3v) is 3.42. The normalized spacial score (nSPS) is 12.5. The standard InChI is InChI=1S/C15H11BrN2O/c16-13-6-12(8-17-9-13)15(19)11-4-3-10-2-1-5-18-14(10)7-11/h1-9,15,19H. The lowest BCUT2D eigenvalue weighted by atomic mass is 10.0. The van der Waals surface area contributed by atoms with E-state index in [2.05, 4.69) is 25.9 Å². The molecule has 0 spiro atoms. The number of aliphatic hydroxyl groups is 1. The largest absolute Gasteiger partial charge is 0.384 e. The topological polar surface area (TPSA) is 46.0 Å². The van der Waals surface area contributed by atoms with E-state index in [1.807, 2.05) is 36.4 Å². The van der Waals surface area contributed by atoms with E-state index in [0.29, 0.717) is 0 Å². The van der Waals surface area contributed by atoms with Crippen molar-refractivity contribution in [3.05, 3.63) is 70.6 Å². The number of fused-ring (bicyclic) bond motifs is 1. The summed E-state index contributed by atoms with van der Waals surface area (Å²) in [4.78, 5) is 8.37. The van der Waals surface area contributed by atoms with Crippen molar-refractivity contribution in [2.24, 2.45) is 0 Å². The number of benzene rings is 1. The Bertz CT molecular complexity index is 730. The molecule has 94 valence electrons. The van der Waals surface area contributed by atoms with Crippen molar-refractivity contribution in [2.75, 3.05) is 0 Å². The third-order valence-electron chi connectivity index (χ3n) is 2.99. The molecule has 3 nitrogen and oxygen atoms in total. The number of halogens is 1. The highest BCUT2D eigenvalue weighted by Crippen LogP contribution is 2.25. The van der Waals surface area contributed by atoms with Crippen LogP contribution in [0.2, 0.25) is 0 Å². The summed E-state index contributed by atoms with van der Waals surface area (Å²) < 4.78 is 0.850. The van der Waals surface area contributed by atoms with Gasteiger partial charge in [0, 0.05) is 34.0 Å². The lowest BCUT2D eigenvalue weighted by Crippen LogP contribution is -2.00. The fourth-order valence-electron chi connectivity index (χ4n) is 2.02. The Morgan fingerprint density at radius 2 is 1.95 bits per heavy atom. The summed E-state index contributed by atoms with van der Waals surface area (Å²) in [6.07, 6.45) is 4.41. The lowest BCUT2D eigenvalue weighted by molar-refractivity contribution is 0.220. The maximum atomic E-state index is 10.4. The minimum atomic E-state index is -0.698. The van der Waals surface area contributed by atoms with Crippen LogP contribution >= 0.6 is 15.9 Å². The summed E-state index contributed by atoms with van der Waals surface area (Å²) in [6, 6.07) is 11.5. The molecule has 0 amide bonds. The van der Waals surface area contributed by atoms with Crippen LogP contribution < -0.4 is 0 Å². The Kier molecular flexibility index (Phi) is 3.27. The molecule has 2 aromatic heterocycles. The molecular weight excluding hydrogens is 304 g/mol. The molecule has 0 aliphatic heterocycles. The van der Waals surface area contributed by atoms with Gasteiger partial charge in [0.15, 0.2) is 0 Å². The zero-order valence-corrected chi connectivity index (χ0v) is 11.6. The zero-order valence-electron chi connectivity index (χ0n) is 9.99. The van der Waals surface area contributed by atoms with Gasteiger partial charge in [0.05, 0.1) is 5.52 Å². The molecular formula is C15H11BrN2O. The molecule has 0 aliphatic carbocycles. The Morgan fingerprint density at radius 1 is 1.05 bits per heavy atom. The van der Waals surface area contributed by atoms with Crippen molar-refractivity contribution in [3.63, 3.8) is 0 Å². The van der Waals surface area contributed by atoms with E-state index >= 15 is 0 Å². The molecule has 1 aromatic carbocycles. The molecule has 0 saturated heterocycles. The average molecular weight is 315 g/mol. The third kappa shape index (κ3) is 2.50. The summed E-state index contributed by atoms with van der Waals surface area (Å²) >= 11 is 3.36. The first-order valence-electron chi connectivity index (χ1n) is 5.87. The van der Waals surface area contributed by atoms with Gasteiger partial charge in [0.2, 0.25) is 0 Å². The summed E-state index contributed by atoms with van der Waals surface area (Å²) in [5.41, 5.74) is 2.44. The number of nitrogens with zero attached hydrogens (tertiary/aromatic N) is 2. The van der Waals surface area contributed by atoms with Gasteiger partial charge in [-0.15, -0.1) is 0 Å². The van der Waals surface area contributed by atoms with E-state index in [0.717, 1.165) is 26.5 Å². The summed E-state index contributed by atoms with van der Waals surface area (Å²) in [5, 5.41) is 11.4. The number of hydrogen-bond donors (Lipinski definition) is 1. The van der Waals surface area contributed by atoms with Gasteiger partial charge in [-0.25, -0.2) is 0 Å². The molecule has 0 radical (unpaired) electrons. The number of aliphatic hydroxyl groups excluding tert-OH is 1. The number of rotatable bonds is 2. The maximum Gasteiger partial charge on any atom is 0.106 e. The summed E-state index contributed by atoms with van der Waals surface area (Å²) in [5.74, 6) is 0. The van der Waals surface area contributed by atoms with Crippen LogP contribution in [0.15, 0.2) is 59.5 Å². The fraction of sp³-hybridized carbons (Fsp3) is 0.0667. The number of hydrogen-bond acceptors (Lipinski definition) is 3. The fourth-order valence-corrected chi connectivity index (χ4v) is 2.41. The van der Waals surface area contributed by atoms with Crippen molar-refractivity contribution in [2.45, 2.75) is 6.10 Å². The molecule has 1 unspecified atom stereocenters. The molecule has 3 aromatic rings. The summed E-state index contributed by atoms with van der Waals surface area (Å²) in [7, 11) is 0. The highest BCUT2D eigenvalue weighted by Gasteiger charge is 2.11. The van der Waals surface area contributed by atoms with Crippen LogP contribution in [0, 0.1) is 0 Å². The number of pyridine rings is 2. The summed E-state index contributed by atoms with van der Waals surface area (Å²) in [6.45, 7) is 0. The molecule has 19 heavy (non-hydrogen) atoms. The molecule has 3 rings (SSSR count). The minimum Gasteiger partial charge on any atom is -0.384 e. The highest BCUT2D eigenvalue weighted by atomic mass is 79.9. The van der Waals surface area contributed by atoms with Gasteiger partial charge in [0.25, 0.3) is 0 Å². The van der Waals surface area contributed by atoms with Crippen LogP contribution in [-0.2, 0) is 0 Å². The Balaban J connectivity index is 2.04. The van der Waals surface area contributed by atoms with Crippen LogP contribution in [-0.4, -0.2) is 15.1 Å². The van der Waals surface area contributed by atoms with Gasteiger partial charge in [0.1, 0.15) is 6.10 Å². The van der Waals surface area contributed by atoms with E-state index in [1.54, 1.807) is 18.6 Å². The Labute approximate surface area is 119 Å². The van der Waals surface area contributed by atoms with Crippen molar-refractivity contribution in [1.29, 1.82) is 0 Å². The van der Waals surface area contributed by atoms with E-state index < -0.39 is 6.10 Å². The van der Waals surface area contributed by atoms with Gasteiger partial charge in [-0.1, -0.05) is 18.2 Å². The van der Waals surface area contributed by atoms with E-state index in [9.17, 15) is 5.11 Å². The highest BCUT2D eigenvalue weighted by molar-refractivity contribution is 9.10. The molecule has 0 bridgehead atoms. The van der Waals surface area contributed by atoms with Crippen LogP contribution in [0.4, 0.5) is 0 Å². The first kappa shape index (κ1) is 12.3. The van der Waals surface area contributed by atoms with Gasteiger partial charge in [-0.2, -0.15) is 0 Å². The monoisotopic (exact) mass is 314 g/mol. The average Bonchev–Trinajstić information content (AvgIpc) is 2.46. The molecule has 2 heterocycles. The molecule has 0 aliphatic rings. The van der Waals surface area contributed by atoms with Crippen molar-refractivity contribution < 1.29 is 5.11 Å². The van der Waals surface area contributed by atoms with Gasteiger partial charge in [-0.05, 0) is 39.7 Å². The molecule has 1 N–H and O–H groups in total. The lowest BCUT2D eigenvalue weighted by Gasteiger charge is -2.12. The number of aromatic nitrogens is 2. The van der Waals surface area contributed by atoms with Crippen LogP contribution in [0.1, 0.15) is 17.2 Å². The second kappa shape index (κ2) is 5.07. The van der Waals surface area contributed by atoms with Crippen molar-refractivity contribution >= 4 is 26.8 Å². The zero-order chi connectivity index (χ0) is 13.2. The molecule has 0 fully saturated rings. The van der Waals surface area contributed by atoms with Gasteiger partial charge < -0.3 is 5.11 Å². The predicted molar refractivity (Wildman–Crippen MR) is 77.7 cm³/mol. The first-order chi connectivity index (χ1) is 9.24. The van der Waals surface area contributed by atoms with E-state index in [-0.39, 0.29) is 0 Å². The molecule has 0 saturated carbocycles. The Hall–Kier alpha value is -1.78. The van der Waals surface area contributed by atoms with Crippen molar-refractivity contribution in [1.82, 2.24) is 9.97 Å². The van der Waals surface area contributed by atoms with Crippen LogP contribution in [0.5, 0.6) is 0 Å². The van der Waals surface area contributed by atoms with Crippen LogP contribution in [0.3, 0.4) is 0 Å². The quantitative estimate of drug-likeness (QED) is 0.787. The molecule has 1 atom stereocenters. The predicted octanol–water partition coefficient (Wildman–Crippen LogP) is 3.47. The Morgan fingerprint density at radius 3 is 2.79 bits per heavy atom. The van der Waals surface area contributed by atoms with Crippen molar-refractivity contribution in [3.8, 4) is 0 Å². The second-order valence-electron chi connectivity index (χ2n) is 4.29. The van der Waals surface area contributed by atoms with Gasteiger partial charge >= 0.3 is 0 Å². The van der Waals surface area contributed by atoms with Gasteiger partial charge in [-0.3, -0.25) is 9.97 Å². The second-order valence-corrected chi connectivity index (χ2v) is 5.21. The maximum absolute atomic E-state index is 10.4. The van der Waals surface area contributed by atoms with E-state index in [4.69, 9.17) is 0 Å². The van der Waals surface area contributed by atoms with E-state index in [1.165, 1.54) is 0 Å². The minimum absolute atomic E-state index is 0.698. The SMILES string of the molecule is OC(c1cncc(Br)c1)c1ccc2cccnc2c1. The first-order valence-corrected chi connectivity index (χ1v) is 6.66.